The predicted octanol–water partition coefficient (Wildman–Crippen LogP) is 3.08. The molecule has 0 saturated carbocycles. The van der Waals surface area contributed by atoms with Crippen LogP contribution in [-0.2, 0) is 20.9 Å². The van der Waals surface area contributed by atoms with Crippen molar-refractivity contribution in [1.29, 1.82) is 0 Å². The van der Waals surface area contributed by atoms with Gasteiger partial charge in [0.25, 0.3) is 0 Å². The number of carbonyl (C=O) groups is 3. The van der Waals surface area contributed by atoms with Crippen LogP contribution in [0.2, 0.25) is 0 Å². The van der Waals surface area contributed by atoms with Crippen molar-refractivity contribution in [2.45, 2.75) is 26.5 Å². The molecular weight excluding hydrogens is 419 g/mol. The van der Waals surface area contributed by atoms with Gasteiger partial charge >= 0.3 is 18.0 Å². The van der Waals surface area contributed by atoms with Crippen LogP contribution in [0.25, 0.3) is 0 Å². The molecule has 32 heavy (non-hydrogen) atoms. The van der Waals surface area contributed by atoms with E-state index in [-0.39, 0.29) is 48.2 Å². The monoisotopic (exact) mass is 442 g/mol. The fraction of sp³-hybridized carbons (Fsp3) is 0.261. The van der Waals surface area contributed by atoms with E-state index < -0.39 is 24.0 Å². The molecule has 9 heteroatoms. The van der Waals surface area contributed by atoms with Crippen molar-refractivity contribution in [3.05, 3.63) is 76.7 Å². The van der Waals surface area contributed by atoms with Crippen LogP contribution >= 0.6 is 0 Å². The third kappa shape index (κ3) is 5.63. The molecule has 1 aliphatic heterocycles. The Bertz CT molecular complexity index is 1040. The normalized spacial score (nSPS) is 15.5. The van der Waals surface area contributed by atoms with E-state index in [1.165, 1.54) is 18.2 Å². The molecule has 2 aromatic rings. The van der Waals surface area contributed by atoms with Gasteiger partial charge in [0.1, 0.15) is 30.3 Å². The molecule has 0 bridgehead atoms. The molecule has 0 saturated heterocycles. The van der Waals surface area contributed by atoms with Crippen LogP contribution in [0.4, 0.5) is 9.18 Å². The minimum atomic E-state index is -0.698. The first-order valence-corrected chi connectivity index (χ1v) is 10.00. The molecule has 2 amide bonds. The van der Waals surface area contributed by atoms with Crippen molar-refractivity contribution in [2.24, 2.45) is 0 Å². The van der Waals surface area contributed by atoms with Gasteiger partial charge in [0.05, 0.1) is 23.9 Å². The van der Waals surface area contributed by atoms with Crippen molar-refractivity contribution in [3.8, 4) is 5.75 Å². The summed E-state index contributed by atoms with van der Waals surface area (Å²) in [5.41, 5.74) is 1.23. The summed E-state index contributed by atoms with van der Waals surface area (Å²) >= 11 is 0. The number of hydrogen-bond donors (Lipinski definition) is 2. The summed E-state index contributed by atoms with van der Waals surface area (Å²) in [5, 5.41) is 5.07. The topological polar surface area (TPSA) is 103 Å². The zero-order valence-corrected chi connectivity index (χ0v) is 17.6. The highest BCUT2D eigenvalue weighted by Gasteiger charge is 2.30. The highest BCUT2D eigenvalue weighted by molar-refractivity contribution is 5.95. The van der Waals surface area contributed by atoms with Gasteiger partial charge in [0.2, 0.25) is 0 Å². The molecule has 3 rings (SSSR count). The minimum Gasteiger partial charge on any atom is -0.488 e. The van der Waals surface area contributed by atoms with E-state index >= 15 is 0 Å². The Morgan fingerprint density at radius 1 is 1.00 bits per heavy atom. The number of ether oxygens (including phenoxy) is 3. The van der Waals surface area contributed by atoms with Gasteiger partial charge in [-0.2, -0.15) is 0 Å². The number of halogens is 1. The number of hydrogen-bond acceptors (Lipinski definition) is 6. The SMILES string of the molecule is CCOC(=O)C1=C(COC(=O)c2ccccc2OCc2ccc(F)cc2)NC(=O)N[C@H]1C. The van der Waals surface area contributed by atoms with Gasteiger partial charge in [-0.15, -0.1) is 0 Å². The van der Waals surface area contributed by atoms with Gasteiger partial charge in [0, 0.05) is 0 Å². The van der Waals surface area contributed by atoms with E-state index in [0.29, 0.717) is 0 Å². The summed E-state index contributed by atoms with van der Waals surface area (Å²) in [6, 6.07) is 11.2. The quantitative estimate of drug-likeness (QED) is 0.609. The fourth-order valence-corrected chi connectivity index (χ4v) is 3.11. The molecule has 0 spiro atoms. The molecule has 0 aliphatic carbocycles. The molecule has 0 radical (unpaired) electrons. The van der Waals surface area contributed by atoms with Crippen LogP contribution in [-0.4, -0.2) is 37.2 Å². The Morgan fingerprint density at radius 2 is 1.72 bits per heavy atom. The molecule has 2 N–H and O–H groups in total. The zero-order chi connectivity index (χ0) is 23.1. The number of nitrogens with one attached hydrogen (secondary N) is 2. The summed E-state index contributed by atoms with van der Waals surface area (Å²) in [6.07, 6.45) is 0. The maximum Gasteiger partial charge on any atom is 0.342 e. The van der Waals surface area contributed by atoms with Crippen LogP contribution in [0, 0.1) is 5.82 Å². The molecule has 2 aromatic carbocycles. The highest BCUT2D eigenvalue weighted by Crippen LogP contribution is 2.22. The lowest BCUT2D eigenvalue weighted by molar-refractivity contribution is -0.139. The molecule has 0 aromatic heterocycles. The van der Waals surface area contributed by atoms with E-state index in [1.54, 1.807) is 44.2 Å². The minimum absolute atomic E-state index is 0.127. The number of para-hydroxylation sites is 1. The van der Waals surface area contributed by atoms with Crippen LogP contribution < -0.4 is 15.4 Å². The third-order valence-electron chi connectivity index (χ3n) is 4.63. The maximum absolute atomic E-state index is 13.1. The van der Waals surface area contributed by atoms with E-state index in [0.717, 1.165) is 5.56 Å². The molecule has 168 valence electrons. The largest absolute Gasteiger partial charge is 0.488 e. The molecule has 0 fully saturated rings. The Balaban J connectivity index is 1.72. The lowest BCUT2D eigenvalue weighted by Gasteiger charge is -2.26. The van der Waals surface area contributed by atoms with Crippen molar-refractivity contribution >= 4 is 18.0 Å². The average molecular weight is 442 g/mol. The van der Waals surface area contributed by atoms with Crippen LogP contribution in [0.5, 0.6) is 5.75 Å². The predicted molar refractivity (Wildman–Crippen MR) is 112 cm³/mol. The first-order chi connectivity index (χ1) is 15.4. The van der Waals surface area contributed by atoms with Crippen molar-refractivity contribution in [3.63, 3.8) is 0 Å². The Morgan fingerprint density at radius 3 is 2.44 bits per heavy atom. The lowest BCUT2D eigenvalue weighted by Crippen LogP contribution is -2.50. The number of amides is 2. The Labute approximate surface area is 184 Å². The lowest BCUT2D eigenvalue weighted by atomic mass is 10.0. The second kappa shape index (κ2) is 10.4. The molecular formula is C23H23FN2O6. The molecule has 1 aliphatic rings. The van der Waals surface area contributed by atoms with E-state index in [4.69, 9.17) is 14.2 Å². The van der Waals surface area contributed by atoms with Gasteiger partial charge in [-0.25, -0.2) is 18.8 Å². The standard InChI is InChI=1S/C23H23FN2O6/c1-3-30-22(28)20-14(2)25-23(29)26-18(20)13-32-21(27)17-6-4-5-7-19(17)31-12-15-8-10-16(24)11-9-15/h4-11,14H,3,12-13H2,1-2H3,(H2,25,26,29)/t14-/m0/s1. The second-order valence-corrected chi connectivity index (χ2v) is 6.92. The first-order valence-electron chi connectivity index (χ1n) is 10.00. The smallest absolute Gasteiger partial charge is 0.342 e. The van der Waals surface area contributed by atoms with E-state index in [1.807, 2.05) is 0 Å². The summed E-state index contributed by atoms with van der Waals surface area (Å²) in [7, 11) is 0. The Hall–Kier alpha value is -3.88. The highest BCUT2D eigenvalue weighted by atomic mass is 19.1. The second-order valence-electron chi connectivity index (χ2n) is 6.92. The van der Waals surface area contributed by atoms with Crippen LogP contribution in [0.15, 0.2) is 59.8 Å². The van der Waals surface area contributed by atoms with Gasteiger partial charge in [-0.05, 0) is 43.7 Å². The van der Waals surface area contributed by atoms with Gasteiger partial charge in [-0.1, -0.05) is 24.3 Å². The van der Waals surface area contributed by atoms with Crippen molar-refractivity contribution < 1.29 is 33.0 Å². The number of carbonyl (C=O) groups excluding carboxylic acids is 3. The first kappa shape index (κ1) is 22.8. The zero-order valence-electron chi connectivity index (χ0n) is 17.6. The number of esters is 2. The van der Waals surface area contributed by atoms with Gasteiger partial charge in [0.15, 0.2) is 0 Å². The van der Waals surface area contributed by atoms with Gasteiger partial charge in [-0.3, -0.25) is 0 Å². The Kier molecular flexibility index (Phi) is 7.43. The van der Waals surface area contributed by atoms with E-state index in [2.05, 4.69) is 10.6 Å². The molecule has 1 heterocycles. The van der Waals surface area contributed by atoms with Gasteiger partial charge < -0.3 is 24.8 Å². The van der Waals surface area contributed by atoms with Crippen molar-refractivity contribution in [1.82, 2.24) is 10.6 Å². The third-order valence-corrected chi connectivity index (χ3v) is 4.63. The maximum atomic E-state index is 13.1. The summed E-state index contributed by atoms with van der Waals surface area (Å²) in [4.78, 5) is 36.8. The van der Waals surface area contributed by atoms with Crippen LogP contribution in [0.1, 0.15) is 29.8 Å². The van der Waals surface area contributed by atoms with E-state index in [9.17, 15) is 18.8 Å². The number of urea groups is 1. The van der Waals surface area contributed by atoms with Crippen molar-refractivity contribution in [2.75, 3.05) is 13.2 Å². The molecule has 0 unspecified atom stereocenters. The summed E-state index contributed by atoms with van der Waals surface area (Å²) in [5.74, 6) is -1.38. The summed E-state index contributed by atoms with van der Waals surface area (Å²) in [6.45, 7) is 3.25. The summed E-state index contributed by atoms with van der Waals surface area (Å²) < 4.78 is 29.2. The van der Waals surface area contributed by atoms with Crippen LogP contribution in [0.3, 0.4) is 0 Å². The number of benzene rings is 2. The average Bonchev–Trinajstić information content (AvgIpc) is 2.77. The fourth-order valence-electron chi connectivity index (χ4n) is 3.11. The number of rotatable bonds is 8. The molecule has 1 atom stereocenters. The molecule has 8 nitrogen and oxygen atoms in total.